The molecular formula is C35H41BrFN5O3. The van der Waals surface area contributed by atoms with Gasteiger partial charge in [0.25, 0.3) is 0 Å². The van der Waals surface area contributed by atoms with Gasteiger partial charge in [0.2, 0.25) is 0 Å². The lowest BCUT2D eigenvalue weighted by Gasteiger charge is -2.45. The van der Waals surface area contributed by atoms with Crippen LogP contribution in [0.25, 0.3) is 27.7 Å². The van der Waals surface area contributed by atoms with Crippen LogP contribution in [-0.2, 0) is 4.74 Å². The molecule has 1 amide bonds. The smallest absolute Gasteiger partial charge is 0.410 e. The van der Waals surface area contributed by atoms with Gasteiger partial charge in [-0.05, 0) is 90.3 Å². The average molecular weight is 679 g/mol. The van der Waals surface area contributed by atoms with E-state index in [2.05, 4.69) is 25.8 Å². The predicted molar refractivity (Wildman–Crippen MR) is 181 cm³/mol. The fraction of sp³-hybridized carbons (Fsp3) is 0.429. The van der Waals surface area contributed by atoms with Crippen LogP contribution in [0.2, 0.25) is 0 Å². The highest BCUT2D eigenvalue weighted by Gasteiger charge is 2.36. The molecule has 2 aromatic carbocycles. The standard InChI is InChI=1S/C35H41BrFN5O3/c1-19(2)30-31(21(4)12-13-38-30)42-29-16-24(25-14-20(3)10-11-28(25)37)27(36)15-26(29)32(39-33(42)43)40-17-23(6)41(18-22(40)5)34(44)45-35(7,8)9/h10-16,19,22-23H,17-18H2,1-9H3/t22-,23+/m0/s1. The maximum Gasteiger partial charge on any atom is 0.410 e. The van der Waals surface area contributed by atoms with Crippen molar-refractivity contribution in [3.8, 4) is 16.8 Å². The zero-order chi connectivity index (χ0) is 33.0. The number of ether oxygens (including phenoxy) is 1. The van der Waals surface area contributed by atoms with E-state index in [9.17, 15) is 9.59 Å². The van der Waals surface area contributed by atoms with Gasteiger partial charge in [0.15, 0.2) is 0 Å². The summed E-state index contributed by atoms with van der Waals surface area (Å²) in [4.78, 5) is 40.4. The van der Waals surface area contributed by atoms with Crippen LogP contribution in [0.4, 0.5) is 15.0 Å². The Hall–Kier alpha value is -3.79. The first kappa shape index (κ1) is 32.6. The number of hydrogen-bond acceptors (Lipinski definition) is 6. The van der Waals surface area contributed by atoms with Gasteiger partial charge in [-0.2, -0.15) is 4.98 Å². The third-order valence-corrected chi connectivity index (χ3v) is 8.84. The van der Waals surface area contributed by atoms with Crippen LogP contribution in [-0.4, -0.2) is 56.3 Å². The fourth-order valence-corrected chi connectivity index (χ4v) is 6.56. The van der Waals surface area contributed by atoms with Crippen LogP contribution in [0.15, 0.2) is 51.9 Å². The van der Waals surface area contributed by atoms with E-state index in [1.165, 1.54) is 6.07 Å². The fourth-order valence-electron chi connectivity index (χ4n) is 6.00. The van der Waals surface area contributed by atoms with Crippen molar-refractivity contribution >= 4 is 38.7 Å². The van der Waals surface area contributed by atoms with E-state index in [1.54, 1.807) is 27.8 Å². The minimum absolute atomic E-state index is 0.0347. The van der Waals surface area contributed by atoms with Crippen LogP contribution < -0.4 is 10.6 Å². The molecule has 0 unspecified atom stereocenters. The molecule has 238 valence electrons. The maximum absolute atomic E-state index is 15.3. The molecule has 0 radical (unpaired) electrons. The first-order valence-electron chi connectivity index (χ1n) is 15.3. The predicted octanol–water partition coefficient (Wildman–Crippen LogP) is 7.92. The second-order valence-electron chi connectivity index (χ2n) is 13.4. The van der Waals surface area contributed by atoms with E-state index in [-0.39, 0.29) is 29.9 Å². The van der Waals surface area contributed by atoms with Crippen LogP contribution in [0.5, 0.6) is 0 Å². The van der Waals surface area contributed by atoms with Gasteiger partial charge in [-0.15, -0.1) is 0 Å². The minimum Gasteiger partial charge on any atom is -0.444 e. The molecule has 5 rings (SSSR count). The summed E-state index contributed by atoms with van der Waals surface area (Å²) in [5.74, 6) is 0.191. The van der Waals surface area contributed by atoms with Gasteiger partial charge in [-0.1, -0.05) is 41.4 Å². The first-order chi connectivity index (χ1) is 21.1. The summed E-state index contributed by atoms with van der Waals surface area (Å²) in [6, 6.07) is 10.3. The van der Waals surface area contributed by atoms with Gasteiger partial charge in [-0.25, -0.2) is 14.0 Å². The molecule has 0 aliphatic carbocycles. The van der Waals surface area contributed by atoms with Gasteiger partial charge in [0, 0.05) is 52.4 Å². The van der Waals surface area contributed by atoms with Gasteiger partial charge in [0.1, 0.15) is 17.2 Å². The lowest BCUT2D eigenvalue weighted by atomic mass is 9.99. The summed E-state index contributed by atoms with van der Waals surface area (Å²) in [6.07, 6.45) is 1.39. The molecule has 1 saturated heterocycles. The Kier molecular flexibility index (Phi) is 8.83. The van der Waals surface area contributed by atoms with Gasteiger partial charge in [0.05, 0.1) is 16.9 Å². The van der Waals surface area contributed by atoms with Crippen molar-refractivity contribution in [3.63, 3.8) is 0 Å². The number of piperazine rings is 1. The molecule has 0 saturated carbocycles. The van der Waals surface area contributed by atoms with Crippen molar-refractivity contribution in [2.24, 2.45) is 0 Å². The van der Waals surface area contributed by atoms with Crippen LogP contribution in [0, 0.1) is 19.7 Å². The molecule has 0 spiro atoms. The Morgan fingerprint density at radius 3 is 2.42 bits per heavy atom. The highest BCUT2D eigenvalue weighted by atomic mass is 79.9. The molecule has 1 fully saturated rings. The molecule has 3 heterocycles. The van der Waals surface area contributed by atoms with E-state index >= 15 is 4.39 Å². The van der Waals surface area contributed by atoms with E-state index < -0.39 is 11.3 Å². The Balaban J connectivity index is 1.76. The zero-order valence-electron chi connectivity index (χ0n) is 27.4. The summed E-state index contributed by atoms with van der Waals surface area (Å²) in [5, 5.41) is 0.723. The molecule has 8 nitrogen and oxygen atoms in total. The van der Waals surface area contributed by atoms with Gasteiger partial charge >= 0.3 is 11.8 Å². The number of carbonyl (C=O) groups excluding carboxylic acids is 1. The first-order valence-corrected chi connectivity index (χ1v) is 16.1. The molecule has 1 aliphatic heterocycles. The second kappa shape index (κ2) is 12.2. The normalized spacial score (nSPS) is 17.3. The van der Waals surface area contributed by atoms with E-state index in [4.69, 9.17) is 9.72 Å². The average Bonchev–Trinajstić information content (AvgIpc) is 2.94. The van der Waals surface area contributed by atoms with Crippen LogP contribution >= 0.6 is 15.9 Å². The number of hydrogen-bond donors (Lipinski definition) is 0. The highest BCUT2D eigenvalue weighted by molar-refractivity contribution is 9.10. The minimum atomic E-state index is -0.612. The van der Waals surface area contributed by atoms with Crippen molar-refractivity contribution < 1.29 is 13.9 Å². The number of rotatable bonds is 4. The zero-order valence-corrected chi connectivity index (χ0v) is 29.0. The van der Waals surface area contributed by atoms with Crippen LogP contribution in [0.3, 0.4) is 0 Å². The van der Waals surface area contributed by atoms with E-state index in [0.717, 1.165) is 22.2 Å². The van der Waals surface area contributed by atoms with Crippen LogP contribution in [0.1, 0.15) is 71.2 Å². The summed E-state index contributed by atoms with van der Waals surface area (Å²) in [7, 11) is 0. The molecule has 0 N–H and O–H groups in total. The number of halogens is 2. The molecule has 2 atom stereocenters. The van der Waals surface area contributed by atoms with Gasteiger partial charge in [-0.3, -0.25) is 9.55 Å². The third kappa shape index (κ3) is 6.34. The SMILES string of the molecule is Cc1ccc(F)c(-c2cc3c(cc2Br)c(N2C[C@@H](C)N(C(=O)OC(C)(C)C)C[C@@H]2C)nc(=O)n3-c2c(C)ccnc2C(C)C)c1. The number of anilines is 1. The number of aryl methyl sites for hydroxylation is 2. The largest absolute Gasteiger partial charge is 0.444 e. The lowest BCUT2D eigenvalue weighted by molar-refractivity contribution is 0.0130. The number of aromatic nitrogens is 3. The van der Waals surface area contributed by atoms with E-state index in [1.807, 2.05) is 80.5 Å². The Bertz CT molecular complexity index is 1850. The maximum atomic E-state index is 15.3. The quantitative estimate of drug-likeness (QED) is 0.218. The van der Waals surface area contributed by atoms with Gasteiger partial charge < -0.3 is 14.5 Å². The highest BCUT2D eigenvalue weighted by Crippen LogP contribution is 2.39. The van der Waals surface area contributed by atoms with Crippen molar-refractivity contribution in [2.75, 3.05) is 18.0 Å². The molecule has 1 aliphatic rings. The third-order valence-electron chi connectivity index (χ3n) is 8.18. The number of pyridine rings is 1. The second-order valence-corrected chi connectivity index (χ2v) is 14.2. The molecule has 2 aromatic heterocycles. The Morgan fingerprint density at radius 2 is 1.76 bits per heavy atom. The summed E-state index contributed by atoms with van der Waals surface area (Å²) in [5.41, 5.74) is 3.83. The van der Waals surface area contributed by atoms with Crippen molar-refractivity contribution in [3.05, 3.63) is 80.2 Å². The number of amides is 1. The monoisotopic (exact) mass is 677 g/mol. The molecular weight excluding hydrogens is 637 g/mol. The van der Waals surface area contributed by atoms with Crippen molar-refractivity contribution in [1.29, 1.82) is 0 Å². The van der Waals surface area contributed by atoms with E-state index in [0.29, 0.717) is 45.7 Å². The summed E-state index contributed by atoms with van der Waals surface area (Å²) < 4.78 is 23.2. The Labute approximate surface area is 272 Å². The number of fused-ring (bicyclic) bond motifs is 1. The van der Waals surface area contributed by atoms with Crippen molar-refractivity contribution in [1.82, 2.24) is 19.4 Å². The summed E-state index contributed by atoms with van der Waals surface area (Å²) in [6.45, 7) is 18.3. The molecule has 4 aromatic rings. The van der Waals surface area contributed by atoms with Crippen molar-refractivity contribution in [2.45, 2.75) is 85.9 Å². The number of carbonyl (C=O) groups is 1. The summed E-state index contributed by atoms with van der Waals surface area (Å²) >= 11 is 3.72. The number of benzene rings is 2. The molecule has 0 bridgehead atoms. The molecule has 10 heteroatoms. The lowest BCUT2D eigenvalue weighted by Crippen LogP contribution is -2.59. The topological polar surface area (TPSA) is 80.6 Å². The molecule has 45 heavy (non-hydrogen) atoms. The number of nitrogens with zero attached hydrogens (tertiary/aromatic N) is 5. The Morgan fingerprint density at radius 1 is 1.04 bits per heavy atom.